The van der Waals surface area contributed by atoms with Crippen LogP contribution in [0.2, 0.25) is 10.0 Å². The number of nitrogens with zero attached hydrogens (tertiary/aromatic N) is 1. The van der Waals surface area contributed by atoms with Crippen LogP contribution in [0, 0.1) is 0 Å². The quantitative estimate of drug-likeness (QED) is 0.873. The first-order valence-electron chi connectivity index (χ1n) is 7.15. The summed E-state index contributed by atoms with van der Waals surface area (Å²) in [5.41, 5.74) is 7.06. The lowest BCUT2D eigenvalue weighted by molar-refractivity contribution is 0.0601. The van der Waals surface area contributed by atoms with Crippen molar-refractivity contribution >= 4 is 23.2 Å². The summed E-state index contributed by atoms with van der Waals surface area (Å²) in [6.45, 7) is 5.38. The van der Waals surface area contributed by atoms with E-state index < -0.39 is 0 Å². The highest BCUT2D eigenvalue weighted by Crippen LogP contribution is 2.27. The van der Waals surface area contributed by atoms with Crippen molar-refractivity contribution in [3.63, 3.8) is 0 Å². The minimum absolute atomic E-state index is 0.125. The second-order valence-corrected chi connectivity index (χ2v) is 6.05. The molecule has 0 radical (unpaired) electrons. The van der Waals surface area contributed by atoms with Gasteiger partial charge in [0.05, 0.1) is 6.10 Å². The molecular weight excluding hydrogens is 295 g/mol. The molecule has 2 atom stereocenters. The van der Waals surface area contributed by atoms with Gasteiger partial charge in [0.1, 0.15) is 0 Å². The summed E-state index contributed by atoms with van der Waals surface area (Å²) in [5, 5.41) is 1.30. The SMILES string of the molecule is CCN(CC1CCCO1)C(CN)c1cc(Cl)cc(Cl)c1. The second kappa shape index (κ2) is 7.62. The normalized spacial score (nSPS) is 20.6. The van der Waals surface area contributed by atoms with Gasteiger partial charge in [-0.25, -0.2) is 0 Å². The van der Waals surface area contributed by atoms with Crippen molar-refractivity contribution in [2.45, 2.75) is 31.9 Å². The molecule has 2 rings (SSSR count). The fourth-order valence-corrected chi connectivity index (χ4v) is 3.33. The van der Waals surface area contributed by atoms with Gasteiger partial charge >= 0.3 is 0 Å². The fourth-order valence-electron chi connectivity index (χ4n) is 2.79. The predicted octanol–water partition coefficient (Wildman–Crippen LogP) is 3.49. The van der Waals surface area contributed by atoms with Crippen molar-refractivity contribution in [3.8, 4) is 0 Å². The van der Waals surface area contributed by atoms with Crippen LogP contribution in [0.1, 0.15) is 31.4 Å². The molecule has 2 N–H and O–H groups in total. The molecule has 2 unspecified atom stereocenters. The van der Waals surface area contributed by atoms with Gasteiger partial charge in [-0.1, -0.05) is 30.1 Å². The van der Waals surface area contributed by atoms with Gasteiger partial charge in [-0.15, -0.1) is 0 Å². The molecular formula is C15H22Cl2N2O. The van der Waals surface area contributed by atoms with E-state index in [-0.39, 0.29) is 6.04 Å². The lowest BCUT2D eigenvalue weighted by Crippen LogP contribution is -2.38. The van der Waals surface area contributed by atoms with Gasteiger partial charge in [0.15, 0.2) is 0 Å². The Bertz CT molecular complexity index is 416. The molecule has 20 heavy (non-hydrogen) atoms. The number of halogens is 2. The Labute approximate surface area is 131 Å². The number of hydrogen-bond acceptors (Lipinski definition) is 3. The van der Waals surface area contributed by atoms with E-state index in [9.17, 15) is 0 Å². The molecule has 0 amide bonds. The highest BCUT2D eigenvalue weighted by Gasteiger charge is 2.24. The highest BCUT2D eigenvalue weighted by atomic mass is 35.5. The first-order chi connectivity index (χ1) is 9.63. The molecule has 0 spiro atoms. The van der Waals surface area contributed by atoms with E-state index in [0.717, 1.165) is 38.1 Å². The first kappa shape index (κ1) is 16.1. The zero-order valence-electron chi connectivity index (χ0n) is 11.8. The third kappa shape index (κ3) is 4.09. The number of likely N-dealkylation sites (N-methyl/N-ethyl adjacent to an activating group) is 1. The summed E-state index contributed by atoms with van der Waals surface area (Å²) in [6.07, 6.45) is 2.60. The molecule has 1 aromatic carbocycles. The van der Waals surface area contributed by atoms with E-state index in [2.05, 4.69) is 11.8 Å². The lowest BCUT2D eigenvalue weighted by atomic mass is 10.0. The third-order valence-corrected chi connectivity index (χ3v) is 4.24. The van der Waals surface area contributed by atoms with Crippen LogP contribution in [-0.2, 0) is 4.74 Å². The third-order valence-electron chi connectivity index (χ3n) is 3.80. The molecule has 1 heterocycles. The van der Waals surface area contributed by atoms with Crippen LogP contribution >= 0.6 is 23.2 Å². The van der Waals surface area contributed by atoms with E-state index in [1.807, 2.05) is 12.1 Å². The fraction of sp³-hybridized carbons (Fsp3) is 0.600. The number of nitrogens with two attached hydrogens (primary N) is 1. The monoisotopic (exact) mass is 316 g/mol. The Balaban J connectivity index is 2.14. The average molecular weight is 317 g/mol. The van der Waals surface area contributed by atoms with Crippen LogP contribution in [-0.4, -0.2) is 37.2 Å². The smallest absolute Gasteiger partial charge is 0.0703 e. The number of benzene rings is 1. The maximum Gasteiger partial charge on any atom is 0.0703 e. The minimum atomic E-state index is 0.125. The van der Waals surface area contributed by atoms with Gasteiger partial charge in [-0.05, 0) is 43.1 Å². The molecule has 3 nitrogen and oxygen atoms in total. The van der Waals surface area contributed by atoms with E-state index in [0.29, 0.717) is 22.7 Å². The predicted molar refractivity (Wildman–Crippen MR) is 84.5 cm³/mol. The first-order valence-corrected chi connectivity index (χ1v) is 7.91. The van der Waals surface area contributed by atoms with E-state index in [1.165, 1.54) is 0 Å². The summed E-state index contributed by atoms with van der Waals surface area (Å²) in [6, 6.07) is 5.77. The maximum atomic E-state index is 6.10. The molecule has 0 aromatic heterocycles. The van der Waals surface area contributed by atoms with Crippen molar-refractivity contribution < 1.29 is 4.74 Å². The summed E-state index contributed by atoms with van der Waals surface area (Å²) in [4.78, 5) is 2.35. The minimum Gasteiger partial charge on any atom is -0.377 e. The Morgan fingerprint density at radius 1 is 1.35 bits per heavy atom. The van der Waals surface area contributed by atoms with Gasteiger partial charge in [-0.2, -0.15) is 0 Å². The van der Waals surface area contributed by atoms with E-state index in [4.69, 9.17) is 33.7 Å². The van der Waals surface area contributed by atoms with Crippen LogP contribution in [0.15, 0.2) is 18.2 Å². The van der Waals surface area contributed by atoms with Crippen molar-refractivity contribution in [1.29, 1.82) is 0 Å². The number of ether oxygens (including phenoxy) is 1. The standard InChI is InChI=1S/C15H22Cl2N2O/c1-2-19(10-14-4-3-5-20-14)15(9-18)11-6-12(16)8-13(17)7-11/h6-8,14-15H,2-5,9-10,18H2,1H3. The Morgan fingerprint density at radius 2 is 2.05 bits per heavy atom. The Morgan fingerprint density at radius 3 is 2.55 bits per heavy atom. The number of rotatable bonds is 6. The molecule has 1 saturated heterocycles. The average Bonchev–Trinajstić information content (AvgIpc) is 2.90. The van der Waals surface area contributed by atoms with Crippen molar-refractivity contribution in [2.75, 3.05) is 26.2 Å². The van der Waals surface area contributed by atoms with Crippen molar-refractivity contribution in [2.24, 2.45) is 5.73 Å². The molecule has 0 saturated carbocycles. The number of hydrogen-bond donors (Lipinski definition) is 1. The van der Waals surface area contributed by atoms with E-state index in [1.54, 1.807) is 6.07 Å². The summed E-state index contributed by atoms with van der Waals surface area (Å²) >= 11 is 12.2. The summed E-state index contributed by atoms with van der Waals surface area (Å²) < 4.78 is 5.73. The highest BCUT2D eigenvalue weighted by molar-refractivity contribution is 6.34. The molecule has 5 heteroatoms. The summed E-state index contributed by atoms with van der Waals surface area (Å²) in [7, 11) is 0. The van der Waals surface area contributed by atoms with Gasteiger partial charge < -0.3 is 10.5 Å². The lowest BCUT2D eigenvalue weighted by Gasteiger charge is -2.32. The largest absolute Gasteiger partial charge is 0.377 e. The van der Waals surface area contributed by atoms with Gasteiger partial charge in [0.25, 0.3) is 0 Å². The Hall–Kier alpha value is -0.320. The molecule has 112 valence electrons. The maximum absolute atomic E-state index is 6.10. The molecule has 0 aliphatic carbocycles. The van der Waals surface area contributed by atoms with Gasteiger partial charge in [0.2, 0.25) is 0 Å². The van der Waals surface area contributed by atoms with Crippen molar-refractivity contribution in [3.05, 3.63) is 33.8 Å². The second-order valence-electron chi connectivity index (χ2n) is 5.18. The topological polar surface area (TPSA) is 38.5 Å². The van der Waals surface area contributed by atoms with Crippen LogP contribution in [0.5, 0.6) is 0 Å². The molecule has 1 aliphatic heterocycles. The van der Waals surface area contributed by atoms with Gasteiger partial charge in [-0.3, -0.25) is 4.90 Å². The molecule has 0 bridgehead atoms. The van der Waals surface area contributed by atoms with Crippen LogP contribution in [0.4, 0.5) is 0 Å². The van der Waals surface area contributed by atoms with Crippen molar-refractivity contribution in [1.82, 2.24) is 4.90 Å². The van der Waals surface area contributed by atoms with Crippen LogP contribution in [0.25, 0.3) is 0 Å². The zero-order valence-corrected chi connectivity index (χ0v) is 13.3. The van der Waals surface area contributed by atoms with E-state index >= 15 is 0 Å². The van der Waals surface area contributed by atoms with Crippen LogP contribution < -0.4 is 5.73 Å². The molecule has 1 fully saturated rings. The molecule has 1 aromatic rings. The van der Waals surface area contributed by atoms with Crippen LogP contribution in [0.3, 0.4) is 0 Å². The zero-order chi connectivity index (χ0) is 14.5. The Kier molecular flexibility index (Phi) is 6.12. The molecule has 1 aliphatic rings. The summed E-state index contributed by atoms with van der Waals surface area (Å²) in [5.74, 6) is 0. The van der Waals surface area contributed by atoms with Gasteiger partial charge in [0, 0.05) is 35.8 Å².